The van der Waals surface area contributed by atoms with Crippen LogP contribution in [0.3, 0.4) is 0 Å². The zero-order valence-electron chi connectivity index (χ0n) is 12.4. The summed E-state index contributed by atoms with van der Waals surface area (Å²) in [4.78, 5) is 25.6. The molecule has 1 aromatic carbocycles. The Morgan fingerprint density at radius 2 is 2.05 bits per heavy atom. The maximum Gasteiger partial charge on any atom is 0.225 e. The van der Waals surface area contributed by atoms with Crippen LogP contribution >= 0.6 is 0 Å². The molecule has 1 aromatic rings. The van der Waals surface area contributed by atoms with Crippen LogP contribution in [0.5, 0.6) is 0 Å². The van der Waals surface area contributed by atoms with Gasteiger partial charge >= 0.3 is 0 Å². The Hall–Kier alpha value is -1.91. The van der Waals surface area contributed by atoms with E-state index in [4.69, 9.17) is 0 Å². The van der Waals surface area contributed by atoms with Gasteiger partial charge in [0.15, 0.2) is 0 Å². The fraction of sp³-hybridized carbons (Fsp3) is 0.500. The molecule has 1 aliphatic rings. The standard InChI is InChI=1S/C16H21FN2O2/c1-11(2)19-10-13(9-15(19)20)16(21)18-8-7-12-3-5-14(17)6-4-12/h3-6,11,13H,7-10H2,1-2H3,(H,18,21)/t13-/m0/s1. The molecule has 0 unspecified atom stereocenters. The number of rotatable bonds is 5. The average Bonchev–Trinajstić information content (AvgIpc) is 2.83. The summed E-state index contributed by atoms with van der Waals surface area (Å²) in [5.74, 6) is -0.550. The first-order chi connectivity index (χ1) is 9.97. The SMILES string of the molecule is CC(C)N1C[C@@H](C(=O)NCCc2ccc(F)cc2)CC1=O. The molecule has 5 heteroatoms. The van der Waals surface area contributed by atoms with E-state index >= 15 is 0 Å². The summed E-state index contributed by atoms with van der Waals surface area (Å²) >= 11 is 0. The summed E-state index contributed by atoms with van der Waals surface area (Å²) in [5, 5.41) is 2.86. The number of benzene rings is 1. The molecule has 0 aromatic heterocycles. The fourth-order valence-electron chi connectivity index (χ4n) is 2.53. The van der Waals surface area contributed by atoms with Crippen LogP contribution in [0, 0.1) is 11.7 Å². The Labute approximate surface area is 124 Å². The molecule has 0 aliphatic carbocycles. The first-order valence-corrected chi connectivity index (χ1v) is 7.29. The lowest BCUT2D eigenvalue weighted by atomic mass is 10.1. The van der Waals surface area contributed by atoms with Gasteiger partial charge in [-0.15, -0.1) is 0 Å². The molecule has 1 N–H and O–H groups in total. The van der Waals surface area contributed by atoms with Gasteiger partial charge in [-0.3, -0.25) is 9.59 Å². The van der Waals surface area contributed by atoms with E-state index in [9.17, 15) is 14.0 Å². The molecule has 0 radical (unpaired) electrons. The number of hydrogen-bond acceptors (Lipinski definition) is 2. The minimum Gasteiger partial charge on any atom is -0.355 e. The molecule has 1 fully saturated rings. The first-order valence-electron chi connectivity index (χ1n) is 7.29. The Kier molecular flexibility index (Phi) is 4.94. The minimum absolute atomic E-state index is 0.0451. The van der Waals surface area contributed by atoms with E-state index in [1.54, 1.807) is 17.0 Å². The summed E-state index contributed by atoms with van der Waals surface area (Å²) in [5.41, 5.74) is 0.975. The van der Waals surface area contributed by atoms with E-state index in [2.05, 4.69) is 5.32 Å². The summed E-state index contributed by atoms with van der Waals surface area (Å²) in [6.45, 7) is 4.90. The highest BCUT2D eigenvalue weighted by Crippen LogP contribution is 2.20. The van der Waals surface area contributed by atoms with Crippen molar-refractivity contribution in [1.82, 2.24) is 10.2 Å². The molecule has 2 amide bonds. The Balaban J connectivity index is 1.78. The van der Waals surface area contributed by atoms with Crippen molar-refractivity contribution in [2.45, 2.75) is 32.7 Å². The summed E-state index contributed by atoms with van der Waals surface area (Å²) in [7, 11) is 0. The molecular formula is C16H21FN2O2. The van der Waals surface area contributed by atoms with Gasteiger partial charge < -0.3 is 10.2 Å². The first kappa shape index (κ1) is 15.5. The van der Waals surface area contributed by atoms with Crippen molar-refractivity contribution in [3.63, 3.8) is 0 Å². The fourth-order valence-corrected chi connectivity index (χ4v) is 2.53. The van der Waals surface area contributed by atoms with Crippen molar-refractivity contribution in [2.75, 3.05) is 13.1 Å². The molecular weight excluding hydrogens is 271 g/mol. The predicted molar refractivity (Wildman–Crippen MR) is 78.1 cm³/mol. The van der Waals surface area contributed by atoms with Crippen molar-refractivity contribution < 1.29 is 14.0 Å². The second-order valence-corrected chi connectivity index (χ2v) is 5.71. The Morgan fingerprint density at radius 1 is 1.38 bits per heavy atom. The molecule has 0 saturated carbocycles. The lowest BCUT2D eigenvalue weighted by Gasteiger charge is -2.20. The van der Waals surface area contributed by atoms with E-state index in [-0.39, 0.29) is 29.6 Å². The molecule has 1 atom stereocenters. The summed E-state index contributed by atoms with van der Waals surface area (Å²) in [6.07, 6.45) is 0.946. The summed E-state index contributed by atoms with van der Waals surface area (Å²) in [6, 6.07) is 6.37. The van der Waals surface area contributed by atoms with Gasteiger partial charge in [0.25, 0.3) is 0 Å². The smallest absolute Gasteiger partial charge is 0.225 e. The molecule has 1 heterocycles. The lowest BCUT2D eigenvalue weighted by Crippen LogP contribution is -2.36. The highest BCUT2D eigenvalue weighted by molar-refractivity contribution is 5.89. The van der Waals surface area contributed by atoms with E-state index in [1.165, 1.54) is 12.1 Å². The highest BCUT2D eigenvalue weighted by Gasteiger charge is 2.35. The van der Waals surface area contributed by atoms with E-state index in [0.29, 0.717) is 25.9 Å². The molecule has 1 saturated heterocycles. The second kappa shape index (κ2) is 6.70. The number of halogens is 1. The zero-order chi connectivity index (χ0) is 15.4. The largest absolute Gasteiger partial charge is 0.355 e. The second-order valence-electron chi connectivity index (χ2n) is 5.71. The molecule has 0 bridgehead atoms. The van der Waals surface area contributed by atoms with Gasteiger partial charge in [-0.2, -0.15) is 0 Å². The van der Waals surface area contributed by atoms with Gasteiger partial charge in [0, 0.05) is 25.6 Å². The van der Waals surface area contributed by atoms with Gasteiger partial charge in [0.1, 0.15) is 5.82 Å². The minimum atomic E-state index is -0.263. The Bertz CT molecular complexity index is 514. The van der Waals surface area contributed by atoms with Crippen LogP contribution in [0.25, 0.3) is 0 Å². The molecule has 1 aliphatic heterocycles. The predicted octanol–water partition coefficient (Wildman–Crippen LogP) is 1.74. The molecule has 21 heavy (non-hydrogen) atoms. The summed E-state index contributed by atoms with van der Waals surface area (Å²) < 4.78 is 12.8. The molecule has 0 spiro atoms. The molecule has 2 rings (SSSR count). The van der Waals surface area contributed by atoms with Crippen LogP contribution in [0.2, 0.25) is 0 Å². The van der Waals surface area contributed by atoms with Gasteiger partial charge in [-0.25, -0.2) is 4.39 Å². The third-order valence-electron chi connectivity index (χ3n) is 3.78. The number of nitrogens with one attached hydrogen (secondary N) is 1. The third kappa shape index (κ3) is 4.03. The number of carbonyl (C=O) groups is 2. The van der Waals surface area contributed by atoms with Crippen molar-refractivity contribution in [1.29, 1.82) is 0 Å². The monoisotopic (exact) mass is 292 g/mol. The van der Waals surface area contributed by atoms with E-state index in [0.717, 1.165) is 5.56 Å². The Morgan fingerprint density at radius 3 is 2.62 bits per heavy atom. The van der Waals surface area contributed by atoms with E-state index in [1.807, 2.05) is 13.8 Å². The van der Waals surface area contributed by atoms with Crippen LogP contribution in [0.4, 0.5) is 4.39 Å². The van der Waals surface area contributed by atoms with Crippen LogP contribution < -0.4 is 5.32 Å². The highest BCUT2D eigenvalue weighted by atomic mass is 19.1. The quantitative estimate of drug-likeness (QED) is 0.898. The van der Waals surface area contributed by atoms with Gasteiger partial charge in [0.05, 0.1) is 5.92 Å². The number of likely N-dealkylation sites (tertiary alicyclic amines) is 1. The van der Waals surface area contributed by atoms with Gasteiger partial charge in [-0.1, -0.05) is 12.1 Å². The third-order valence-corrected chi connectivity index (χ3v) is 3.78. The zero-order valence-corrected chi connectivity index (χ0v) is 12.4. The van der Waals surface area contributed by atoms with Crippen LogP contribution in [0.1, 0.15) is 25.8 Å². The van der Waals surface area contributed by atoms with Crippen molar-refractivity contribution in [3.8, 4) is 0 Å². The lowest BCUT2D eigenvalue weighted by molar-refractivity contribution is -0.129. The number of nitrogens with zero attached hydrogens (tertiary/aromatic N) is 1. The normalized spacial score (nSPS) is 18.4. The number of hydrogen-bond donors (Lipinski definition) is 1. The van der Waals surface area contributed by atoms with Crippen LogP contribution in [-0.4, -0.2) is 35.8 Å². The van der Waals surface area contributed by atoms with Crippen molar-refractivity contribution >= 4 is 11.8 Å². The number of amides is 2. The van der Waals surface area contributed by atoms with Crippen LogP contribution in [-0.2, 0) is 16.0 Å². The average molecular weight is 292 g/mol. The van der Waals surface area contributed by atoms with Gasteiger partial charge in [0.2, 0.25) is 11.8 Å². The maximum absolute atomic E-state index is 12.8. The van der Waals surface area contributed by atoms with Gasteiger partial charge in [-0.05, 0) is 38.0 Å². The molecule has 114 valence electrons. The topological polar surface area (TPSA) is 49.4 Å². The molecule has 4 nitrogen and oxygen atoms in total. The van der Waals surface area contributed by atoms with Crippen molar-refractivity contribution in [2.24, 2.45) is 5.92 Å². The van der Waals surface area contributed by atoms with Crippen molar-refractivity contribution in [3.05, 3.63) is 35.6 Å². The maximum atomic E-state index is 12.8. The number of carbonyl (C=O) groups excluding carboxylic acids is 2. The van der Waals surface area contributed by atoms with Crippen LogP contribution in [0.15, 0.2) is 24.3 Å². The van der Waals surface area contributed by atoms with E-state index < -0.39 is 0 Å².